The van der Waals surface area contributed by atoms with Crippen molar-refractivity contribution < 1.29 is 19.1 Å². The molecule has 1 aliphatic carbocycles. The molecule has 1 saturated carbocycles. The predicted molar refractivity (Wildman–Crippen MR) is 93.1 cm³/mol. The van der Waals surface area contributed by atoms with Crippen molar-refractivity contribution >= 4 is 12.0 Å². The molecular weight excluding hydrogens is 325 g/mol. The fourth-order valence-corrected chi connectivity index (χ4v) is 3.16. The minimum Gasteiger partial charge on any atom is -0.480 e. The maximum absolute atomic E-state index is 13.1. The minimum atomic E-state index is -0.827. The molecule has 0 atom stereocenters. The van der Waals surface area contributed by atoms with Gasteiger partial charge in [-0.15, -0.1) is 0 Å². The van der Waals surface area contributed by atoms with Gasteiger partial charge in [-0.25, -0.2) is 9.18 Å². The Morgan fingerprint density at radius 1 is 1.36 bits per heavy atom. The molecule has 0 bridgehead atoms. The van der Waals surface area contributed by atoms with Crippen LogP contribution in [0.15, 0.2) is 18.2 Å². The molecule has 138 valence electrons. The monoisotopic (exact) mass is 351 g/mol. The summed E-state index contributed by atoms with van der Waals surface area (Å²) in [7, 11) is 0. The van der Waals surface area contributed by atoms with Gasteiger partial charge in [0.1, 0.15) is 5.82 Å². The van der Waals surface area contributed by atoms with Crippen molar-refractivity contribution in [3.63, 3.8) is 0 Å². The van der Waals surface area contributed by atoms with Gasteiger partial charge in [-0.05, 0) is 56.0 Å². The molecule has 2 amide bonds. The Hall–Kier alpha value is -2.15. The molecule has 7 heteroatoms. The number of urea groups is 1. The second-order valence-electron chi connectivity index (χ2n) is 6.50. The first kappa shape index (κ1) is 19.2. The van der Waals surface area contributed by atoms with E-state index in [0.29, 0.717) is 19.5 Å². The van der Waals surface area contributed by atoms with Crippen molar-refractivity contribution in [2.45, 2.75) is 45.2 Å². The smallest absolute Gasteiger partial charge is 0.317 e. The quantitative estimate of drug-likeness (QED) is 0.668. The van der Waals surface area contributed by atoms with E-state index in [1.807, 2.05) is 18.7 Å². The molecular formula is C18H26FN3O3. The van der Waals surface area contributed by atoms with Gasteiger partial charge in [0.05, 0.1) is 6.54 Å². The number of carboxylic acids is 1. The number of hydrogen-bond donors (Lipinski definition) is 3. The maximum Gasteiger partial charge on any atom is 0.317 e. The van der Waals surface area contributed by atoms with Crippen molar-refractivity contribution in [1.29, 1.82) is 0 Å². The van der Waals surface area contributed by atoms with Crippen LogP contribution < -0.4 is 10.6 Å². The number of carbonyl (C=O) groups is 2. The molecule has 25 heavy (non-hydrogen) atoms. The molecule has 6 nitrogen and oxygen atoms in total. The summed E-state index contributed by atoms with van der Waals surface area (Å²) in [6, 6.07) is 4.73. The van der Waals surface area contributed by atoms with E-state index in [0.717, 1.165) is 24.0 Å². The number of nitrogens with zero attached hydrogens (tertiary/aromatic N) is 1. The molecule has 1 aromatic carbocycles. The number of benzene rings is 1. The van der Waals surface area contributed by atoms with Crippen molar-refractivity contribution in [3.8, 4) is 0 Å². The zero-order chi connectivity index (χ0) is 18.4. The van der Waals surface area contributed by atoms with Crippen LogP contribution in [0.3, 0.4) is 0 Å². The summed E-state index contributed by atoms with van der Waals surface area (Å²) in [5.41, 5.74) is 1.89. The molecule has 1 fully saturated rings. The number of halogens is 1. The van der Waals surface area contributed by atoms with Gasteiger partial charge in [0.2, 0.25) is 0 Å². The highest BCUT2D eigenvalue weighted by molar-refractivity contribution is 5.74. The second-order valence-corrected chi connectivity index (χ2v) is 6.50. The third-order valence-electron chi connectivity index (χ3n) is 4.69. The van der Waals surface area contributed by atoms with E-state index in [1.54, 1.807) is 6.07 Å². The molecule has 0 spiro atoms. The third-order valence-corrected chi connectivity index (χ3v) is 4.69. The number of aliphatic carboxylic acids is 1. The molecule has 0 aromatic heterocycles. The van der Waals surface area contributed by atoms with E-state index in [9.17, 15) is 14.0 Å². The van der Waals surface area contributed by atoms with Gasteiger partial charge in [0.25, 0.3) is 0 Å². The van der Waals surface area contributed by atoms with E-state index in [-0.39, 0.29) is 30.5 Å². The van der Waals surface area contributed by atoms with Crippen molar-refractivity contribution in [3.05, 3.63) is 35.1 Å². The number of rotatable bonds is 8. The molecule has 1 aliphatic rings. The van der Waals surface area contributed by atoms with Crippen LogP contribution in [-0.2, 0) is 11.2 Å². The van der Waals surface area contributed by atoms with Crippen LogP contribution in [0, 0.1) is 12.7 Å². The zero-order valence-electron chi connectivity index (χ0n) is 14.7. The average molecular weight is 351 g/mol. The van der Waals surface area contributed by atoms with Gasteiger partial charge >= 0.3 is 12.0 Å². The Balaban J connectivity index is 1.66. The highest BCUT2D eigenvalue weighted by atomic mass is 19.1. The van der Waals surface area contributed by atoms with Crippen LogP contribution in [0.2, 0.25) is 0 Å². The predicted octanol–water partition coefficient (Wildman–Crippen LogP) is 1.91. The maximum atomic E-state index is 13.1. The number of nitrogens with one attached hydrogen (secondary N) is 2. The van der Waals surface area contributed by atoms with Gasteiger partial charge < -0.3 is 15.7 Å². The van der Waals surface area contributed by atoms with Crippen molar-refractivity contribution in [2.75, 3.05) is 19.6 Å². The largest absolute Gasteiger partial charge is 0.480 e. The molecule has 2 rings (SSSR count). The molecule has 3 N–H and O–H groups in total. The Morgan fingerprint density at radius 2 is 2.08 bits per heavy atom. The molecule has 0 unspecified atom stereocenters. The SMILES string of the molecule is CCN(CC(=O)O)C1CC(NC(=O)NCCc2ccc(F)cc2C)C1. The Kier molecular flexibility index (Phi) is 6.75. The zero-order valence-corrected chi connectivity index (χ0v) is 14.7. The van der Waals surface area contributed by atoms with Crippen LogP contribution in [0.4, 0.5) is 9.18 Å². The Morgan fingerprint density at radius 3 is 2.68 bits per heavy atom. The van der Waals surface area contributed by atoms with Gasteiger partial charge in [0, 0.05) is 18.6 Å². The molecule has 0 heterocycles. The lowest BCUT2D eigenvalue weighted by Crippen LogP contribution is -2.56. The molecule has 0 saturated heterocycles. The van der Waals surface area contributed by atoms with Crippen LogP contribution in [0.5, 0.6) is 0 Å². The summed E-state index contributed by atoms with van der Waals surface area (Å²) in [6.07, 6.45) is 2.19. The first-order valence-electron chi connectivity index (χ1n) is 8.64. The van der Waals surface area contributed by atoms with E-state index in [2.05, 4.69) is 10.6 Å². The second kappa shape index (κ2) is 8.80. The molecule has 1 aromatic rings. The molecule has 0 aliphatic heterocycles. The summed E-state index contributed by atoms with van der Waals surface area (Å²) in [5, 5.41) is 14.6. The lowest BCUT2D eigenvalue weighted by molar-refractivity contribution is -0.139. The first-order chi connectivity index (χ1) is 11.9. The summed E-state index contributed by atoms with van der Waals surface area (Å²) < 4.78 is 13.1. The summed E-state index contributed by atoms with van der Waals surface area (Å²) in [4.78, 5) is 24.6. The van der Waals surface area contributed by atoms with Crippen molar-refractivity contribution in [1.82, 2.24) is 15.5 Å². The topological polar surface area (TPSA) is 81.7 Å². The number of carboxylic acid groups (broad SMARTS) is 1. The summed E-state index contributed by atoms with van der Waals surface area (Å²) in [6.45, 7) is 5.00. The van der Waals surface area contributed by atoms with E-state index in [4.69, 9.17) is 5.11 Å². The fourth-order valence-electron chi connectivity index (χ4n) is 3.16. The van der Waals surface area contributed by atoms with E-state index in [1.165, 1.54) is 12.1 Å². The number of carbonyl (C=O) groups excluding carboxylic acids is 1. The fraction of sp³-hybridized carbons (Fsp3) is 0.556. The lowest BCUT2D eigenvalue weighted by Gasteiger charge is -2.42. The Labute approximate surface area is 147 Å². The standard InChI is InChI=1S/C18H26FN3O3/c1-3-22(11-17(23)24)16-9-15(10-16)21-18(25)20-7-6-13-4-5-14(19)8-12(13)2/h4-5,8,15-16H,3,6-7,9-11H2,1-2H3,(H,23,24)(H2,20,21,25). The highest BCUT2D eigenvalue weighted by Crippen LogP contribution is 2.25. The number of aryl methyl sites for hydroxylation is 1. The van der Waals surface area contributed by atoms with Gasteiger partial charge in [-0.1, -0.05) is 13.0 Å². The number of likely N-dealkylation sites (N-methyl/N-ethyl adjacent to an activating group) is 1. The van der Waals surface area contributed by atoms with Gasteiger partial charge in [-0.3, -0.25) is 9.69 Å². The minimum absolute atomic E-state index is 0.0388. The highest BCUT2D eigenvalue weighted by Gasteiger charge is 2.34. The lowest BCUT2D eigenvalue weighted by atomic mass is 9.85. The van der Waals surface area contributed by atoms with Crippen LogP contribution in [0.1, 0.15) is 30.9 Å². The third kappa shape index (κ3) is 5.70. The van der Waals surface area contributed by atoms with Crippen LogP contribution in [0.25, 0.3) is 0 Å². The van der Waals surface area contributed by atoms with E-state index < -0.39 is 5.97 Å². The first-order valence-corrected chi connectivity index (χ1v) is 8.64. The van der Waals surface area contributed by atoms with Gasteiger partial charge in [0.15, 0.2) is 0 Å². The molecule has 0 radical (unpaired) electrons. The van der Waals surface area contributed by atoms with Gasteiger partial charge in [-0.2, -0.15) is 0 Å². The normalized spacial score (nSPS) is 19.4. The Bertz CT molecular complexity index is 618. The summed E-state index contributed by atoms with van der Waals surface area (Å²) >= 11 is 0. The summed E-state index contributed by atoms with van der Waals surface area (Å²) in [5.74, 6) is -1.08. The number of hydrogen-bond acceptors (Lipinski definition) is 3. The van der Waals surface area contributed by atoms with E-state index >= 15 is 0 Å². The van der Waals surface area contributed by atoms with Crippen LogP contribution >= 0.6 is 0 Å². The number of amides is 2. The van der Waals surface area contributed by atoms with Crippen molar-refractivity contribution in [2.24, 2.45) is 0 Å². The van der Waals surface area contributed by atoms with Crippen LogP contribution in [-0.4, -0.2) is 53.7 Å². The average Bonchev–Trinajstić information content (AvgIpc) is 2.50.